The molecule has 4 aromatic rings. The molecule has 0 unspecified atom stereocenters. The first-order chi connectivity index (χ1) is 16.1. The van der Waals surface area contributed by atoms with Crippen molar-refractivity contribution in [2.75, 3.05) is 0 Å². The molecule has 1 aliphatic rings. The van der Waals surface area contributed by atoms with Crippen molar-refractivity contribution in [1.29, 1.82) is 0 Å². The average Bonchev–Trinajstić information content (AvgIpc) is 3.39. The van der Waals surface area contributed by atoms with Gasteiger partial charge in [0.05, 0.1) is 11.3 Å². The Balaban J connectivity index is 1.24. The molecule has 168 valence electrons. The number of nitrogens with one attached hydrogen (secondary N) is 1. The number of carbonyl (C=O) groups excluding carboxylic acids is 1. The van der Waals surface area contributed by atoms with Gasteiger partial charge in [-0.2, -0.15) is 0 Å². The van der Waals surface area contributed by atoms with E-state index in [2.05, 4.69) is 25.7 Å². The van der Waals surface area contributed by atoms with Gasteiger partial charge in [0.15, 0.2) is 11.0 Å². The number of rotatable bonds is 8. The number of thioether (sulfide) groups is 1. The quantitative estimate of drug-likeness (QED) is 0.365. The van der Waals surface area contributed by atoms with Gasteiger partial charge in [0.25, 0.3) is 5.91 Å². The predicted octanol–water partition coefficient (Wildman–Crippen LogP) is 4.80. The SMILES string of the molecule is Cc1ccc(CNC(=O)c2nnc(CSc3nnc(-c4ccccc4F)n3C3CC3)s2)cc1. The van der Waals surface area contributed by atoms with Crippen molar-refractivity contribution in [3.05, 3.63) is 75.5 Å². The zero-order chi connectivity index (χ0) is 22.8. The van der Waals surface area contributed by atoms with Crippen molar-refractivity contribution in [3.63, 3.8) is 0 Å². The van der Waals surface area contributed by atoms with Crippen molar-refractivity contribution >= 4 is 29.0 Å². The molecular formula is C23H21FN6OS2. The van der Waals surface area contributed by atoms with Crippen LogP contribution in [0.3, 0.4) is 0 Å². The third-order valence-corrected chi connectivity index (χ3v) is 7.31. The molecule has 0 radical (unpaired) electrons. The Morgan fingerprint density at radius 3 is 2.67 bits per heavy atom. The highest BCUT2D eigenvalue weighted by Crippen LogP contribution is 2.42. The highest BCUT2D eigenvalue weighted by Gasteiger charge is 2.31. The molecule has 0 spiro atoms. The molecule has 0 saturated heterocycles. The summed E-state index contributed by atoms with van der Waals surface area (Å²) in [6, 6.07) is 14.9. The molecule has 1 fully saturated rings. The number of amides is 1. The highest BCUT2D eigenvalue weighted by atomic mass is 32.2. The summed E-state index contributed by atoms with van der Waals surface area (Å²) in [4.78, 5) is 12.4. The molecule has 5 rings (SSSR count). The van der Waals surface area contributed by atoms with Gasteiger partial charge >= 0.3 is 0 Å². The van der Waals surface area contributed by atoms with Crippen LogP contribution >= 0.6 is 23.1 Å². The molecule has 2 aromatic carbocycles. The van der Waals surface area contributed by atoms with E-state index in [0.717, 1.165) is 28.6 Å². The number of hydrogen-bond acceptors (Lipinski definition) is 7. The van der Waals surface area contributed by atoms with E-state index in [0.29, 0.717) is 28.7 Å². The molecule has 1 amide bonds. The summed E-state index contributed by atoms with van der Waals surface area (Å²) in [7, 11) is 0. The van der Waals surface area contributed by atoms with Crippen LogP contribution in [0.15, 0.2) is 53.7 Å². The lowest BCUT2D eigenvalue weighted by atomic mass is 10.1. The summed E-state index contributed by atoms with van der Waals surface area (Å²) in [5, 5.41) is 21.4. The molecule has 1 N–H and O–H groups in total. The number of hydrogen-bond donors (Lipinski definition) is 1. The standard InChI is InChI=1S/C23H21FN6OS2/c1-14-6-8-15(9-7-14)12-25-21(31)22-28-26-19(33-22)13-32-23-29-27-20(30(23)16-10-11-16)17-4-2-3-5-18(17)24/h2-9,16H,10-13H2,1H3,(H,25,31). The van der Waals surface area contributed by atoms with Crippen LogP contribution in [-0.2, 0) is 12.3 Å². The van der Waals surface area contributed by atoms with Gasteiger partial charge in [0.2, 0.25) is 5.01 Å². The van der Waals surface area contributed by atoms with E-state index in [4.69, 9.17) is 0 Å². The van der Waals surface area contributed by atoms with Gasteiger partial charge in [-0.15, -0.1) is 20.4 Å². The smallest absolute Gasteiger partial charge is 0.282 e. The topological polar surface area (TPSA) is 85.6 Å². The minimum atomic E-state index is -0.311. The zero-order valence-corrected chi connectivity index (χ0v) is 19.5. The summed E-state index contributed by atoms with van der Waals surface area (Å²) in [6.07, 6.45) is 2.05. The molecular weight excluding hydrogens is 459 g/mol. The molecule has 10 heteroatoms. The van der Waals surface area contributed by atoms with E-state index in [1.54, 1.807) is 18.2 Å². The van der Waals surface area contributed by atoms with E-state index in [1.807, 2.05) is 35.8 Å². The van der Waals surface area contributed by atoms with Crippen LogP contribution in [0.4, 0.5) is 4.39 Å². The first kappa shape index (κ1) is 21.7. The van der Waals surface area contributed by atoms with E-state index in [1.165, 1.54) is 34.7 Å². The molecule has 0 atom stereocenters. The van der Waals surface area contributed by atoms with E-state index < -0.39 is 0 Å². The van der Waals surface area contributed by atoms with Crippen LogP contribution in [0.1, 0.15) is 44.8 Å². The average molecular weight is 481 g/mol. The maximum Gasteiger partial charge on any atom is 0.282 e. The Morgan fingerprint density at radius 2 is 1.91 bits per heavy atom. The number of carbonyl (C=O) groups is 1. The van der Waals surface area contributed by atoms with E-state index in [-0.39, 0.29) is 17.8 Å². The second kappa shape index (κ2) is 9.40. The second-order valence-electron chi connectivity index (χ2n) is 7.85. The fourth-order valence-corrected chi connectivity index (χ4v) is 5.10. The van der Waals surface area contributed by atoms with Gasteiger partial charge in [-0.05, 0) is 37.5 Å². The molecule has 0 bridgehead atoms. The fourth-order valence-electron chi connectivity index (χ4n) is 3.36. The minimum Gasteiger partial charge on any atom is -0.346 e. The van der Waals surface area contributed by atoms with Crippen LogP contribution in [0, 0.1) is 12.7 Å². The molecule has 7 nitrogen and oxygen atoms in total. The zero-order valence-electron chi connectivity index (χ0n) is 17.9. The van der Waals surface area contributed by atoms with Crippen molar-refractivity contribution < 1.29 is 9.18 Å². The number of benzene rings is 2. The second-order valence-corrected chi connectivity index (χ2v) is 9.85. The highest BCUT2D eigenvalue weighted by molar-refractivity contribution is 7.98. The Bertz CT molecular complexity index is 1280. The number of aryl methyl sites for hydroxylation is 1. The molecule has 33 heavy (non-hydrogen) atoms. The van der Waals surface area contributed by atoms with Crippen LogP contribution in [0.2, 0.25) is 0 Å². The predicted molar refractivity (Wildman–Crippen MR) is 126 cm³/mol. The first-order valence-corrected chi connectivity index (χ1v) is 12.4. The third kappa shape index (κ3) is 4.96. The summed E-state index contributed by atoms with van der Waals surface area (Å²) in [5.74, 6) is 0.498. The summed E-state index contributed by atoms with van der Waals surface area (Å²) in [6.45, 7) is 2.46. The Kier molecular flexibility index (Phi) is 6.19. The molecule has 0 aliphatic heterocycles. The van der Waals surface area contributed by atoms with Gasteiger partial charge in [-0.1, -0.05) is 65.1 Å². The monoisotopic (exact) mass is 480 g/mol. The Hall–Kier alpha value is -3.11. The Morgan fingerprint density at radius 1 is 1.12 bits per heavy atom. The van der Waals surface area contributed by atoms with Crippen molar-refractivity contribution in [1.82, 2.24) is 30.3 Å². The summed E-state index contributed by atoms with van der Waals surface area (Å²) in [5.41, 5.74) is 2.65. The van der Waals surface area contributed by atoms with Crippen LogP contribution in [-0.4, -0.2) is 30.9 Å². The maximum atomic E-state index is 14.3. The Labute approximate surface area is 198 Å². The number of aromatic nitrogens is 5. The lowest BCUT2D eigenvalue weighted by Crippen LogP contribution is -2.22. The van der Waals surface area contributed by atoms with E-state index >= 15 is 0 Å². The first-order valence-electron chi connectivity index (χ1n) is 10.6. The van der Waals surface area contributed by atoms with Crippen LogP contribution < -0.4 is 5.32 Å². The normalized spacial score (nSPS) is 13.3. The van der Waals surface area contributed by atoms with Crippen LogP contribution in [0.5, 0.6) is 0 Å². The van der Waals surface area contributed by atoms with Crippen molar-refractivity contribution in [3.8, 4) is 11.4 Å². The summed E-state index contributed by atoms with van der Waals surface area (Å²) >= 11 is 2.73. The summed E-state index contributed by atoms with van der Waals surface area (Å²) < 4.78 is 16.3. The van der Waals surface area contributed by atoms with Gasteiger partial charge in [0.1, 0.15) is 10.8 Å². The van der Waals surface area contributed by atoms with E-state index in [9.17, 15) is 9.18 Å². The lowest BCUT2D eigenvalue weighted by Gasteiger charge is -2.08. The van der Waals surface area contributed by atoms with Gasteiger partial charge in [-0.3, -0.25) is 9.36 Å². The molecule has 1 saturated carbocycles. The molecule has 2 heterocycles. The third-order valence-electron chi connectivity index (χ3n) is 5.25. The number of nitrogens with zero attached hydrogens (tertiary/aromatic N) is 5. The van der Waals surface area contributed by atoms with Crippen molar-refractivity contribution in [2.45, 2.75) is 43.3 Å². The lowest BCUT2D eigenvalue weighted by molar-refractivity contribution is 0.0950. The van der Waals surface area contributed by atoms with Crippen LogP contribution in [0.25, 0.3) is 11.4 Å². The van der Waals surface area contributed by atoms with Gasteiger partial charge in [-0.25, -0.2) is 4.39 Å². The number of halogens is 1. The molecule has 1 aliphatic carbocycles. The minimum absolute atomic E-state index is 0.243. The van der Waals surface area contributed by atoms with Crippen molar-refractivity contribution in [2.24, 2.45) is 0 Å². The largest absolute Gasteiger partial charge is 0.346 e. The maximum absolute atomic E-state index is 14.3. The molecule has 2 aromatic heterocycles. The van der Waals surface area contributed by atoms with Gasteiger partial charge < -0.3 is 5.32 Å². The fraction of sp³-hybridized carbons (Fsp3) is 0.261. The van der Waals surface area contributed by atoms with Gasteiger partial charge in [0, 0.05) is 12.6 Å².